The molecule has 3 aromatic rings. The zero-order chi connectivity index (χ0) is 22.5. The Morgan fingerprint density at radius 2 is 2.03 bits per heavy atom. The molecule has 0 aliphatic carbocycles. The molecule has 0 saturated heterocycles. The first-order valence-corrected chi connectivity index (χ1v) is 11.2. The van der Waals surface area contributed by atoms with Gasteiger partial charge in [0.05, 0.1) is 10.8 Å². The molecule has 164 valence electrons. The maximum atomic E-state index is 13.3. The molecule has 1 N–H and O–H groups in total. The molecule has 1 atom stereocenters. The van der Waals surface area contributed by atoms with E-state index in [1.807, 2.05) is 50.5 Å². The molecule has 6 nitrogen and oxygen atoms in total. The number of carbonyl (C=O) groups excluding carboxylic acids is 1. The minimum atomic E-state index is -0.464. The van der Waals surface area contributed by atoms with Crippen molar-refractivity contribution in [3.8, 4) is 5.75 Å². The van der Waals surface area contributed by atoms with E-state index in [0.29, 0.717) is 23.3 Å². The van der Waals surface area contributed by atoms with Crippen LogP contribution in [0.25, 0.3) is 0 Å². The molecule has 0 aliphatic heterocycles. The van der Waals surface area contributed by atoms with Crippen molar-refractivity contribution in [1.29, 1.82) is 0 Å². The van der Waals surface area contributed by atoms with E-state index < -0.39 is 11.9 Å². The van der Waals surface area contributed by atoms with Gasteiger partial charge in [0.25, 0.3) is 0 Å². The van der Waals surface area contributed by atoms with E-state index in [2.05, 4.69) is 15.5 Å². The molecule has 0 bridgehead atoms. The number of aryl methyl sites for hydroxylation is 2. The SMILES string of the molecule is CCn1c(SCC(=O)Nc2cc(C)ccc2C)nnc1C(C)Oc1ccc(F)cc1Cl. The van der Waals surface area contributed by atoms with Crippen LogP contribution in [0.5, 0.6) is 5.75 Å². The number of nitrogens with zero attached hydrogens (tertiary/aromatic N) is 3. The Hall–Kier alpha value is -2.58. The van der Waals surface area contributed by atoms with Crippen LogP contribution in [-0.4, -0.2) is 26.4 Å². The van der Waals surface area contributed by atoms with E-state index in [9.17, 15) is 9.18 Å². The molecule has 0 saturated carbocycles. The molecule has 1 amide bonds. The molecule has 1 heterocycles. The van der Waals surface area contributed by atoms with Gasteiger partial charge in [0.1, 0.15) is 11.6 Å². The van der Waals surface area contributed by atoms with Crippen LogP contribution in [0.3, 0.4) is 0 Å². The number of anilines is 1. The van der Waals surface area contributed by atoms with Crippen LogP contribution >= 0.6 is 23.4 Å². The summed E-state index contributed by atoms with van der Waals surface area (Å²) in [5, 5.41) is 12.2. The van der Waals surface area contributed by atoms with Gasteiger partial charge in [-0.3, -0.25) is 4.79 Å². The van der Waals surface area contributed by atoms with Crippen molar-refractivity contribution in [2.24, 2.45) is 0 Å². The van der Waals surface area contributed by atoms with Gasteiger partial charge in [-0.2, -0.15) is 0 Å². The summed E-state index contributed by atoms with van der Waals surface area (Å²) in [6.07, 6.45) is -0.464. The van der Waals surface area contributed by atoms with Gasteiger partial charge in [-0.05, 0) is 63.1 Å². The summed E-state index contributed by atoms with van der Waals surface area (Å²) in [7, 11) is 0. The molecule has 0 fully saturated rings. The highest BCUT2D eigenvalue weighted by Gasteiger charge is 2.20. The fourth-order valence-electron chi connectivity index (χ4n) is 3.01. The Morgan fingerprint density at radius 1 is 1.26 bits per heavy atom. The van der Waals surface area contributed by atoms with Gasteiger partial charge in [0.15, 0.2) is 17.1 Å². The Kier molecular flexibility index (Phi) is 7.56. The fraction of sp³-hybridized carbons (Fsp3) is 0.318. The summed E-state index contributed by atoms with van der Waals surface area (Å²) >= 11 is 7.36. The van der Waals surface area contributed by atoms with Crippen LogP contribution in [0.2, 0.25) is 5.02 Å². The maximum Gasteiger partial charge on any atom is 0.234 e. The normalized spacial score (nSPS) is 11.9. The lowest BCUT2D eigenvalue weighted by molar-refractivity contribution is -0.113. The van der Waals surface area contributed by atoms with Gasteiger partial charge in [-0.25, -0.2) is 4.39 Å². The molecular formula is C22H24ClFN4O2S. The van der Waals surface area contributed by atoms with Gasteiger partial charge in [0, 0.05) is 12.2 Å². The third-order valence-corrected chi connectivity index (χ3v) is 5.88. The molecule has 0 radical (unpaired) electrons. The number of thioether (sulfide) groups is 1. The van der Waals surface area contributed by atoms with E-state index >= 15 is 0 Å². The first-order chi connectivity index (χ1) is 14.8. The van der Waals surface area contributed by atoms with Crippen LogP contribution in [-0.2, 0) is 11.3 Å². The molecular weight excluding hydrogens is 439 g/mol. The monoisotopic (exact) mass is 462 g/mol. The van der Waals surface area contributed by atoms with Crippen LogP contribution in [0.1, 0.15) is 36.9 Å². The van der Waals surface area contributed by atoms with Crippen LogP contribution < -0.4 is 10.1 Å². The number of rotatable bonds is 8. The molecule has 2 aromatic carbocycles. The zero-order valence-corrected chi connectivity index (χ0v) is 19.4. The Bertz CT molecular complexity index is 1090. The number of ether oxygens (including phenoxy) is 1. The van der Waals surface area contributed by atoms with Crippen LogP contribution in [0.4, 0.5) is 10.1 Å². The van der Waals surface area contributed by atoms with Crippen molar-refractivity contribution >= 4 is 35.0 Å². The zero-order valence-electron chi connectivity index (χ0n) is 17.8. The molecule has 0 aliphatic rings. The average Bonchev–Trinajstić information content (AvgIpc) is 3.14. The minimum absolute atomic E-state index is 0.117. The number of nitrogens with one attached hydrogen (secondary N) is 1. The second-order valence-corrected chi connectivity index (χ2v) is 8.42. The largest absolute Gasteiger partial charge is 0.481 e. The summed E-state index contributed by atoms with van der Waals surface area (Å²) in [5.41, 5.74) is 2.90. The number of benzene rings is 2. The van der Waals surface area contributed by atoms with Gasteiger partial charge in [-0.1, -0.05) is 35.5 Å². The van der Waals surface area contributed by atoms with E-state index in [4.69, 9.17) is 16.3 Å². The molecule has 3 rings (SSSR count). The minimum Gasteiger partial charge on any atom is -0.481 e. The van der Waals surface area contributed by atoms with E-state index in [1.165, 1.54) is 30.0 Å². The number of amides is 1. The highest BCUT2D eigenvalue weighted by Crippen LogP contribution is 2.30. The highest BCUT2D eigenvalue weighted by molar-refractivity contribution is 7.99. The Balaban J connectivity index is 1.66. The topological polar surface area (TPSA) is 69.0 Å². The lowest BCUT2D eigenvalue weighted by Crippen LogP contribution is -2.16. The van der Waals surface area contributed by atoms with Crippen molar-refractivity contribution in [2.45, 2.75) is 45.5 Å². The summed E-state index contributed by atoms with van der Waals surface area (Å²) in [4.78, 5) is 12.4. The summed E-state index contributed by atoms with van der Waals surface area (Å²) in [5.74, 6) is 0.612. The molecule has 1 aromatic heterocycles. The van der Waals surface area contributed by atoms with Crippen LogP contribution in [0.15, 0.2) is 41.6 Å². The van der Waals surface area contributed by atoms with Crippen molar-refractivity contribution in [3.05, 3.63) is 64.2 Å². The Morgan fingerprint density at radius 3 is 2.74 bits per heavy atom. The standard InChI is InChI=1S/C22H24ClFN4O2S/c1-5-28-21(15(4)30-19-9-8-16(24)11-17(19)23)26-27-22(28)31-12-20(29)25-18-10-13(2)6-7-14(18)3/h6-11,15H,5,12H2,1-4H3,(H,25,29). The predicted molar refractivity (Wildman–Crippen MR) is 121 cm³/mol. The lowest BCUT2D eigenvalue weighted by Gasteiger charge is -2.16. The molecule has 0 spiro atoms. The fourth-order valence-corrected chi connectivity index (χ4v) is 4.03. The van der Waals surface area contributed by atoms with Crippen molar-refractivity contribution < 1.29 is 13.9 Å². The quantitative estimate of drug-likeness (QED) is 0.442. The molecule has 1 unspecified atom stereocenters. The molecule has 31 heavy (non-hydrogen) atoms. The van der Waals surface area contributed by atoms with Gasteiger partial charge in [-0.15, -0.1) is 10.2 Å². The summed E-state index contributed by atoms with van der Waals surface area (Å²) in [6.45, 7) is 8.32. The Labute approximate surface area is 190 Å². The predicted octanol–water partition coefficient (Wildman–Crippen LogP) is 5.58. The summed E-state index contributed by atoms with van der Waals surface area (Å²) in [6, 6.07) is 9.90. The highest BCUT2D eigenvalue weighted by atomic mass is 35.5. The maximum absolute atomic E-state index is 13.3. The number of aromatic nitrogens is 3. The van der Waals surface area contributed by atoms with Crippen LogP contribution in [0, 0.1) is 19.7 Å². The third-order valence-electron chi connectivity index (χ3n) is 4.62. The van der Waals surface area contributed by atoms with Gasteiger partial charge >= 0.3 is 0 Å². The number of hydrogen-bond acceptors (Lipinski definition) is 5. The first kappa shape index (κ1) is 23.1. The van der Waals surface area contributed by atoms with Crippen molar-refractivity contribution in [1.82, 2.24) is 14.8 Å². The lowest BCUT2D eigenvalue weighted by atomic mass is 10.1. The average molecular weight is 463 g/mol. The number of halogens is 2. The van der Waals surface area contributed by atoms with Crippen molar-refractivity contribution in [2.75, 3.05) is 11.1 Å². The third kappa shape index (κ3) is 5.77. The molecule has 9 heteroatoms. The van der Waals surface area contributed by atoms with Gasteiger partial charge in [0.2, 0.25) is 5.91 Å². The smallest absolute Gasteiger partial charge is 0.234 e. The number of hydrogen-bond donors (Lipinski definition) is 1. The number of carbonyl (C=O) groups is 1. The second kappa shape index (κ2) is 10.2. The van der Waals surface area contributed by atoms with E-state index in [-0.39, 0.29) is 16.7 Å². The van der Waals surface area contributed by atoms with Crippen molar-refractivity contribution in [3.63, 3.8) is 0 Å². The van der Waals surface area contributed by atoms with Gasteiger partial charge < -0.3 is 14.6 Å². The second-order valence-electron chi connectivity index (χ2n) is 7.08. The first-order valence-electron chi connectivity index (χ1n) is 9.83. The van der Waals surface area contributed by atoms with E-state index in [0.717, 1.165) is 16.8 Å². The summed E-state index contributed by atoms with van der Waals surface area (Å²) < 4.78 is 21.0. The van der Waals surface area contributed by atoms with E-state index in [1.54, 1.807) is 0 Å².